The molecule has 53 heavy (non-hydrogen) atoms. The van der Waals surface area contributed by atoms with Crippen molar-refractivity contribution in [2.75, 3.05) is 0 Å². The number of carbonyl (C=O) groups excluding carboxylic acids is 1. The molecule has 0 aliphatic heterocycles. The van der Waals surface area contributed by atoms with Crippen LogP contribution in [0.5, 0.6) is 40.2 Å². The Balaban J connectivity index is 1.49. The number of phenols is 7. The van der Waals surface area contributed by atoms with Gasteiger partial charge in [-0.05, 0) is 108 Å². The van der Waals surface area contributed by atoms with Crippen molar-refractivity contribution in [1.82, 2.24) is 0 Å². The minimum absolute atomic E-state index is 0.0591. The lowest BCUT2D eigenvalue weighted by molar-refractivity contribution is 0.0876. The molecule has 6 rings (SSSR count). The third-order valence-electron chi connectivity index (χ3n) is 10.0. The van der Waals surface area contributed by atoms with Gasteiger partial charge in [0, 0.05) is 51.5 Å². The first-order valence-corrected chi connectivity index (χ1v) is 17.5. The van der Waals surface area contributed by atoms with Crippen LogP contribution in [0.15, 0.2) is 100 Å². The summed E-state index contributed by atoms with van der Waals surface area (Å²) in [5, 5.41) is 77.9. The lowest BCUT2D eigenvalue weighted by Gasteiger charge is -2.37. The molecule has 1 aliphatic carbocycles. The zero-order valence-corrected chi connectivity index (χ0v) is 30.3. The number of fused-ring (bicyclic) bond motifs is 1. The molecule has 274 valence electrons. The van der Waals surface area contributed by atoms with Gasteiger partial charge in [0.2, 0.25) is 0 Å². The highest BCUT2D eigenvalue weighted by atomic mass is 16.3. The summed E-state index contributed by atoms with van der Waals surface area (Å²) in [6, 6.07) is 14.8. The lowest BCUT2D eigenvalue weighted by atomic mass is 9.65. The van der Waals surface area contributed by atoms with Crippen molar-refractivity contribution in [3.8, 4) is 51.6 Å². The Morgan fingerprint density at radius 3 is 2.00 bits per heavy atom. The Morgan fingerprint density at radius 1 is 0.736 bits per heavy atom. The molecule has 7 N–H and O–H groups in total. The fraction of sp³-hybridized carbons (Fsp3) is 0.250. The van der Waals surface area contributed by atoms with Gasteiger partial charge in [-0.2, -0.15) is 0 Å². The summed E-state index contributed by atoms with van der Waals surface area (Å²) in [4.78, 5) is 14.8. The van der Waals surface area contributed by atoms with Gasteiger partial charge in [-0.1, -0.05) is 41.0 Å². The van der Waals surface area contributed by atoms with E-state index in [1.165, 1.54) is 42.5 Å². The van der Waals surface area contributed by atoms with Gasteiger partial charge < -0.3 is 40.2 Å². The maximum atomic E-state index is 14.8. The third-order valence-corrected chi connectivity index (χ3v) is 10.0. The van der Waals surface area contributed by atoms with Gasteiger partial charge >= 0.3 is 0 Å². The number of hydrogen-bond donors (Lipinski definition) is 7. The van der Waals surface area contributed by atoms with E-state index >= 15 is 0 Å². The third kappa shape index (κ3) is 7.20. The van der Waals surface area contributed by atoms with Crippen molar-refractivity contribution < 1.29 is 45.0 Å². The van der Waals surface area contributed by atoms with Gasteiger partial charge in [-0.3, -0.25) is 4.79 Å². The molecular weight excluding hydrogens is 672 g/mol. The van der Waals surface area contributed by atoms with Gasteiger partial charge in [0.05, 0.1) is 5.56 Å². The molecule has 0 unspecified atom stereocenters. The van der Waals surface area contributed by atoms with E-state index in [9.17, 15) is 40.5 Å². The second kappa shape index (κ2) is 14.5. The first-order valence-electron chi connectivity index (χ1n) is 17.5. The number of carbonyl (C=O) groups is 1. The van der Waals surface area contributed by atoms with Crippen LogP contribution in [-0.2, 0) is 12.8 Å². The fourth-order valence-corrected chi connectivity index (χ4v) is 7.37. The molecular formula is C44H44O9. The smallest absolute Gasteiger partial charge is 0.171 e. The summed E-state index contributed by atoms with van der Waals surface area (Å²) in [5.41, 5.74) is 4.85. The van der Waals surface area contributed by atoms with Crippen LogP contribution < -0.4 is 0 Å². The molecule has 0 fully saturated rings. The van der Waals surface area contributed by atoms with E-state index in [-0.39, 0.29) is 63.4 Å². The standard InChI is InChI=1S/C44H44O9/c1-22(2)6-10-29-34(46)15-13-31(42(29)51)43(52)40-32(28-12-9-27(45)21-36(28)48)16-24(5)17-33(40)41-37(49)18-26(19-38(41)50)39-20-25-8-14-35(47)30(44(25)53-39)11-7-23(3)4/h6-9,12-15,17-21,32-33,40,45-51H,10-11,16H2,1-5H3/t32-,33+,40-/m0/s1. The quantitative estimate of drug-likeness (QED) is 0.0579. The lowest BCUT2D eigenvalue weighted by Crippen LogP contribution is -2.31. The minimum atomic E-state index is -1.07. The Bertz CT molecular complexity index is 2310. The van der Waals surface area contributed by atoms with E-state index < -0.39 is 23.5 Å². The minimum Gasteiger partial charge on any atom is -0.508 e. The average molecular weight is 717 g/mol. The Hall–Kier alpha value is -6.09. The van der Waals surface area contributed by atoms with Gasteiger partial charge in [-0.25, -0.2) is 0 Å². The predicted octanol–water partition coefficient (Wildman–Crippen LogP) is 9.77. The second-order valence-corrected chi connectivity index (χ2v) is 14.4. The van der Waals surface area contributed by atoms with Gasteiger partial charge in [0.15, 0.2) is 5.78 Å². The summed E-state index contributed by atoms with van der Waals surface area (Å²) < 4.78 is 6.22. The van der Waals surface area contributed by atoms with Gasteiger partial charge in [0.25, 0.3) is 0 Å². The average Bonchev–Trinajstić information content (AvgIpc) is 3.51. The number of phenolic OH excluding ortho intramolecular Hbond substituents is 7. The van der Waals surface area contributed by atoms with E-state index in [2.05, 4.69) is 0 Å². The first-order chi connectivity index (χ1) is 25.1. The molecule has 9 nitrogen and oxygen atoms in total. The van der Waals surface area contributed by atoms with Crippen molar-refractivity contribution in [3.05, 3.63) is 123 Å². The van der Waals surface area contributed by atoms with Gasteiger partial charge in [0.1, 0.15) is 51.6 Å². The topological polar surface area (TPSA) is 172 Å². The number of Topliss-reactive ketones (excluding diaryl/α,β-unsaturated/α-hetero) is 1. The van der Waals surface area contributed by atoms with Crippen molar-refractivity contribution in [3.63, 3.8) is 0 Å². The van der Waals surface area contributed by atoms with E-state index in [4.69, 9.17) is 4.42 Å². The summed E-state index contributed by atoms with van der Waals surface area (Å²) in [6.45, 7) is 9.54. The van der Waals surface area contributed by atoms with Crippen LogP contribution >= 0.6 is 0 Å². The number of hydrogen-bond acceptors (Lipinski definition) is 9. The van der Waals surface area contributed by atoms with E-state index in [0.717, 1.165) is 22.1 Å². The number of ketones is 1. The summed E-state index contributed by atoms with van der Waals surface area (Å²) in [7, 11) is 0. The maximum Gasteiger partial charge on any atom is 0.171 e. The highest BCUT2D eigenvalue weighted by molar-refractivity contribution is 6.02. The Labute approximate surface area is 307 Å². The molecule has 0 saturated heterocycles. The number of furan rings is 1. The monoisotopic (exact) mass is 716 g/mol. The molecule has 3 atom stereocenters. The van der Waals surface area contributed by atoms with E-state index in [1.54, 1.807) is 24.3 Å². The molecule has 1 heterocycles. The van der Waals surface area contributed by atoms with Crippen LogP contribution in [0.3, 0.4) is 0 Å². The molecule has 5 aromatic rings. The Morgan fingerprint density at radius 2 is 1.36 bits per heavy atom. The molecule has 9 heteroatoms. The van der Waals surface area contributed by atoms with E-state index in [1.807, 2.05) is 46.8 Å². The number of benzene rings is 4. The van der Waals surface area contributed by atoms with Crippen LogP contribution in [0.4, 0.5) is 0 Å². The molecule has 0 spiro atoms. The summed E-state index contributed by atoms with van der Waals surface area (Å²) >= 11 is 0. The zero-order chi connectivity index (χ0) is 38.3. The molecule has 1 aliphatic rings. The summed E-state index contributed by atoms with van der Waals surface area (Å²) in [6.07, 6.45) is 6.54. The number of aromatic hydroxyl groups is 7. The summed E-state index contributed by atoms with van der Waals surface area (Å²) in [5.74, 6) is -4.40. The largest absolute Gasteiger partial charge is 0.508 e. The molecule has 0 amide bonds. The van der Waals surface area contributed by atoms with E-state index in [0.29, 0.717) is 40.9 Å². The van der Waals surface area contributed by atoms with Crippen molar-refractivity contribution in [2.45, 2.75) is 65.7 Å². The Kier molecular flexibility index (Phi) is 10.0. The molecule has 1 aromatic heterocycles. The maximum absolute atomic E-state index is 14.8. The van der Waals surface area contributed by atoms with Crippen molar-refractivity contribution >= 4 is 16.8 Å². The molecule has 0 radical (unpaired) electrons. The zero-order valence-electron chi connectivity index (χ0n) is 30.3. The number of allylic oxidation sites excluding steroid dienone is 6. The highest BCUT2D eigenvalue weighted by Gasteiger charge is 2.43. The molecule has 0 saturated carbocycles. The fourth-order valence-electron chi connectivity index (χ4n) is 7.37. The van der Waals surface area contributed by atoms with Crippen molar-refractivity contribution in [1.29, 1.82) is 0 Å². The highest BCUT2D eigenvalue weighted by Crippen LogP contribution is 2.53. The number of rotatable bonds is 9. The van der Waals surface area contributed by atoms with Crippen LogP contribution in [0.25, 0.3) is 22.3 Å². The van der Waals surface area contributed by atoms with Crippen LogP contribution in [-0.4, -0.2) is 41.5 Å². The molecule has 4 aromatic carbocycles. The first kappa shape index (κ1) is 36.7. The van der Waals surface area contributed by atoms with Crippen LogP contribution in [0, 0.1) is 5.92 Å². The second-order valence-electron chi connectivity index (χ2n) is 14.4. The predicted molar refractivity (Wildman–Crippen MR) is 204 cm³/mol. The van der Waals surface area contributed by atoms with Crippen molar-refractivity contribution in [2.24, 2.45) is 5.92 Å². The van der Waals surface area contributed by atoms with Crippen LogP contribution in [0.1, 0.15) is 85.5 Å². The normalized spacial score (nSPS) is 17.0. The van der Waals surface area contributed by atoms with Crippen LogP contribution in [0.2, 0.25) is 0 Å². The van der Waals surface area contributed by atoms with Gasteiger partial charge in [-0.15, -0.1) is 0 Å². The molecule has 0 bridgehead atoms. The SMILES string of the molecule is CC(C)=CCc1c(O)ccc(C(=O)[C@@H]2[C@H](c3c(O)cc(-c4cc5ccc(O)c(CC=C(C)C)c5o4)cc3O)C=C(C)C[C@H]2c2ccc(O)cc2O)c1O.